The fourth-order valence-corrected chi connectivity index (χ4v) is 2.75. The summed E-state index contributed by atoms with van der Waals surface area (Å²) in [6.07, 6.45) is -0.863. The molecule has 4 nitrogen and oxygen atoms in total. The molecule has 1 aromatic rings. The van der Waals surface area contributed by atoms with Crippen molar-refractivity contribution in [1.82, 2.24) is 5.32 Å². The quantitative estimate of drug-likeness (QED) is 0.867. The fourth-order valence-electron chi connectivity index (χ4n) is 2.75. The lowest BCUT2D eigenvalue weighted by atomic mass is 9.84. The highest BCUT2D eigenvalue weighted by Crippen LogP contribution is 2.37. The van der Waals surface area contributed by atoms with Crippen molar-refractivity contribution in [1.29, 1.82) is 0 Å². The number of methoxy groups -OCH3 is 1. The normalized spacial score (nSPS) is 23.0. The third-order valence-corrected chi connectivity index (χ3v) is 3.86. The van der Waals surface area contributed by atoms with Crippen molar-refractivity contribution in [2.45, 2.75) is 44.4 Å². The number of carbonyl (C=O) groups excluding carboxylic acids is 1. The van der Waals surface area contributed by atoms with Crippen LogP contribution in [-0.2, 0) is 11.3 Å². The van der Waals surface area contributed by atoms with Crippen LogP contribution in [0.25, 0.3) is 0 Å². The molecule has 0 radical (unpaired) electrons. The molecule has 0 bridgehead atoms. The van der Waals surface area contributed by atoms with E-state index in [-0.39, 0.29) is 18.7 Å². The highest BCUT2D eigenvalue weighted by atomic mass is 19.4. The van der Waals surface area contributed by atoms with Crippen LogP contribution in [0.4, 0.5) is 13.2 Å². The van der Waals surface area contributed by atoms with E-state index < -0.39 is 24.1 Å². The summed E-state index contributed by atoms with van der Waals surface area (Å²) >= 11 is 0. The monoisotopic (exact) mass is 305 g/mol. The van der Waals surface area contributed by atoms with Gasteiger partial charge in [-0.1, -0.05) is 12.8 Å². The first-order valence-electron chi connectivity index (χ1n) is 6.88. The smallest absolute Gasteiger partial charge is 0.393 e. The van der Waals surface area contributed by atoms with Gasteiger partial charge in [0.1, 0.15) is 0 Å². The summed E-state index contributed by atoms with van der Waals surface area (Å²) in [6.45, 7) is 0.151. The zero-order valence-corrected chi connectivity index (χ0v) is 11.7. The molecular weight excluding hydrogens is 287 g/mol. The Kier molecular flexibility index (Phi) is 4.92. The van der Waals surface area contributed by atoms with Crippen LogP contribution >= 0.6 is 0 Å². The standard InChI is InChI=1S/C14H18F3NO3/c1-20-13(19)12-9(6-7-21-12)8-18-11-5-3-2-4-10(11)14(15,16)17/h6-7,10-11,18H,2-5,8H2,1H3. The van der Waals surface area contributed by atoms with Gasteiger partial charge in [-0.2, -0.15) is 13.2 Å². The number of hydrogen-bond donors (Lipinski definition) is 1. The largest absolute Gasteiger partial charge is 0.463 e. The van der Waals surface area contributed by atoms with Gasteiger partial charge < -0.3 is 14.5 Å². The van der Waals surface area contributed by atoms with Crippen LogP contribution in [0.15, 0.2) is 16.7 Å². The van der Waals surface area contributed by atoms with Crippen LogP contribution in [0.1, 0.15) is 41.8 Å². The van der Waals surface area contributed by atoms with Gasteiger partial charge in [0.15, 0.2) is 0 Å². The van der Waals surface area contributed by atoms with Gasteiger partial charge >= 0.3 is 12.1 Å². The molecule has 2 atom stereocenters. The van der Waals surface area contributed by atoms with Gasteiger partial charge in [0, 0.05) is 18.2 Å². The Morgan fingerprint density at radius 2 is 2.14 bits per heavy atom. The zero-order valence-electron chi connectivity index (χ0n) is 11.7. The first-order valence-corrected chi connectivity index (χ1v) is 6.88. The van der Waals surface area contributed by atoms with Crippen LogP contribution < -0.4 is 5.32 Å². The van der Waals surface area contributed by atoms with Gasteiger partial charge in [0.25, 0.3) is 0 Å². The Morgan fingerprint density at radius 1 is 1.43 bits per heavy atom. The molecule has 2 unspecified atom stereocenters. The number of hydrogen-bond acceptors (Lipinski definition) is 4. The summed E-state index contributed by atoms with van der Waals surface area (Å²) in [7, 11) is 1.23. The molecule has 2 rings (SSSR count). The maximum absolute atomic E-state index is 13.0. The number of nitrogens with one attached hydrogen (secondary N) is 1. The molecule has 1 fully saturated rings. The molecule has 1 heterocycles. The van der Waals surface area contributed by atoms with Crippen molar-refractivity contribution in [2.24, 2.45) is 5.92 Å². The third kappa shape index (κ3) is 3.78. The number of halogens is 3. The van der Waals surface area contributed by atoms with E-state index in [1.165, 1.54) is 13.4 Å². The first-order chi connectivity index (χ1) is 9.93. The Hall–Kier alpha value is -1.50. The summed E-state index contributed by atoms with van der Waals surface area (Å²) in [6, 6.07) is 0.934. The number of ether oxygens (including phenoxy) is 1. The summed E-state index contributed by atoms with van der Waals surface area (Å²) in [5.74, 6) is -1.93. The molecule has 0 aliphatic heterocycles. The Morgan fingerprint density at radius 3 is 2.81 bits per heavy atom. The van der Waals surface area contributed by atoms with Crippen LogP contribution in [-0.4, -0.2) is 25.3 Å². The number of carbonyl (C=O) groups is 1. The lowest BCUT2D eigenvalue weighted by Gasteiger charge is -2.33. The molecule has 1 aromatic heterocycles. The minimum absolute atomic E-state index is 0.0318. The minimum Gasteiger partial charge on any atom is -0.463 e. The number of rotatable bonds is 4. The first kappa shape index (κ1) is 15.9. The second-order valence-corrected chi connectivity index (χ2v) is 5.19. The van der Waals surface area contributed by atoms with E-state index in [4.69, 9.17) is 4.42 Å². The molecule has 1 saturated carbocycles. The Balaban J connectivity index is 2.01. The van der Waals surface area contributed by atoms with E-state index in [0.717, 1.165) is 6.42 Å². The zero-order chi connectivity index (χ0) is 15.5. The van der Waals surface area contributed by atoms with E-state index >= 15 is 0 Å². The molecule has 1 aliphatic rings. The SMILES string of the molecule is COC(=O)c1occc1CNC1CCCCC1C(F)(F)F. The molecule has 7 heteroatoms. The van der Waals surface area contributed by atoms with E-state index in [0.29, 0.717) is 18.4 Å². The minimum atomic E-state index is -4.19. The Bertz CT molecular complexity index is 484. The highest BCUT2D eigenvalue weighted by molar-refractivity contribution is 5.87. The molecule has 0 aromatic carbocycles. The summed E-state index contributed by atoms with van der Waals surface area (Å²) in [5.41, 5.74) is 0.508. The predicted octanol–water partition coefficient (Wildman–Crippen LogP) is 3.28. The summed E-state index contributed by atoms with van der Waals surface area (Å²) < 4.78 is 48.5. The van der Waals surface area contributed by atoms with Gasteiger partial charge in [-0.3, -0.25) is 0 Å². The molecule has 0 spiro atoms. The molecule has 21 heavy (non-hydrogen) atoms. The average Bonchev–Trinajstić information content (AvgIpc) is 2.92. The maximum Gasteiger partial charge on any atom is 0.393 e. The predicted molar refractivity (Wildman–Crippen MR) is 68.7 cm³/mol. The van der Waals surface area contributed by atoms with Crippen molar-refractivity contribution in [3.63, 3.8) is 0 Å². The van der Waals surface area contributed by atoms with Crippen LogP contribution in [0, 0.1) is 5.92 Å². The van der Waals surface area contributed by atoms with E-state index in [2.05, 4.69) is 10.1 Å². The van der Waals surface area contributed by atoms with Crippen molar-refractivity contribution < 1.29 is 27.1 Å². The summed E-state index contributed by atoms with van der Waals surface area (Å²) in [5, 5.41) is 2.91. The van der Waals surface area contributed by atoms with Crippen molar-refractivity contribution in [2.75, 3.05) is 7.11 Å². The van der Waals surface area contributed by atoms with Crippen LogP contribution in [0.5, 0.6) is 0 Å². The fraction of sp³-hybridized carbons (Fsp3) is 0.643. The van der Waals surface area contributed by atoms with Crippen molar-refractivity contribution in [3.8, 4) is 0 Å². The maximum atomic E-state index is 13.0. The van der Waals surface area contributed by atoms with Crippen LogP contribution in [0.2, 0.25) is 0 Å². The van der Waals surface area contributed by atoms with Crippen molar-refractivity contribution >= 4 is 5.97 Å². The molecule has 1 N–H and O–H groups in total. The second-order valence-electron chi connectivity index (χ2n) is 5.19. The van der Waals surface area contributed by atoms with Gasteiger partial charge in [-0.05, 0) is 18.9 Å². The second kappa shape index (κ2) is 6.51. The molecule has 0 amide bonds. The molecule has 1 aliphatic carbocycles. The van der Waals surface area contributed by atoms with E-state index in [1.807, 2.05) is 0 Å². The van der Waals surface area contributed by atoms with Gasteiger partial charge in [0.05, 0.1) is 19.3 Å². The Labute approximate surface area is 120 Å². The number of esters is 1. The molecule has 118 valence electrons. The highest BCUT2D eigenvalue weighted by Gasteiger charge is 2.45. The topological polar surface area (TPSA) is 51.5 Å². The number of alkyl halides is 3. The molecule has 0 saturated heterocycles. The lowest BCUT2D eigenvalue weighted by molar-refractivity contribution is -0.189. The van der Waals surface area contributed by atoms with E-state index in [9.17, 15) is 18.0 Å². The van der Waals surface area contributed by atoms with Gasteiger partial charge in [0.2, 0.25) is 5.76 Å². The van der Waals surface area contributed by atoms with Crippen molar-refractivity contribution in [3.05, 3.63) is 23.7 Å². The third-order valence-electron chi connectivity index (χ3n) is 3.86. The average molecular weight is 305 g/mol. The summed E-state index contributed by atoms with van der Waals surface area (Å²) in [4.78, 5) is 11.4. The van der Waals surface area contributed by atoms with Crippen LogP contribution in [0.3, 0.4) is 0 Å². The molecular formula is C14H18F3NO3. The van der Waals surface area contributed by atoms with Gasteiger partial charge in [-0.15, -0.1) is 0 Å². The van der Waals surface area contributed by atoms with Gasteiger partial charge in [-0.25, -0.2) is 4.79 Å². The number of furan rings is 1. The van der Waals surface area contributed by atoms with E-state index in [1.54, 1.807) is 6.07 Å². The lowest BCUT2D eigenvalue weighted by Crippen LogP contribution is -2.45.